The molecule has 3 heteroatoms. The van der Waals surface area contributed by atoms with E-state index in [2.05, 4.69) is 50.5 Å². The second kappa shape index (κ2) is 5.85. The molecule has 2 nitrogen and oxygen atoms in total. The molecule has 19 heavy (non-hydrogen) atoms. The van der Waals surface area contributed by atoms with Crippen molar-refractivity contribution in [3.05, 3.63) is 63.9 Å². The highest BCUT2D eigenvalue weighted by Gasteiger charge is 2.21. The largest absolute Gasteiger partial charge is 0.310 e. The highest BCUT2D eigenvalue weighted by atomic mass is 79.9. The average Bonchev–Trinajstić information content (AvgIpc) is 2.82. The van der Waals surface area contributed by atoms with Gasteiger partial charge in [0.05, 0.1) is 0 Å². The molecule has 1 N–H and O–H groups in total. The first-order chi connectivity index (χ1) is 9.33. The number of aryl methyl sites for hydroxylation is 1. The Kier molecular flexibility index (Phi) is 3.95. The predicted octanol–water partition coefficient (Wildman–Crippen LogP) is 3.66. The van der Waals surface area contributed by atoms with Gasteiger partial charge < -0.3 is 5.32 Å². The molecule has 1 unspecified atom stereocenters. The van der Waals surface area contributed by atoms with E-state index < -0.39 is 0 Å². The number of hydrogen-bond donors (Lipinski definition) is 1. The van der Waals surface area contributed by atoms with Crippen molar-refractivity contribution in [1.82, 2.24) is 10.3 Å². The first-order valence-electron chi connectivity index (χ1n) is 6.73. The van der Waals surface area contributed by atoms with Crippen molar-refractivity contribution < 1.29 is 0 Å². The Bertz CT molecular complexity index is 554. The number of pyridine rings is 1. The summed E-state index contributed by atoms with van der Waals surface area (Å²) in [5.41, 5.74) is 4.24. The summed E-state index contributed by atoms with van der Waals surface area (Å²) in [5.74, 6) is 0. The zero-order chi connectivity index (χ0) is 13.1. The summed E-state index contributed by atoms with van der Waals surface area (Å²) < 4.78 is 1.18. The molecule has 1 aliphatic rings. The minimum Gasteiger partial charge on any atom is -0.310 e. The van der Waals surface area contributed by atoms with Crippen molar-refractivity contribution in [3.8, 4) is 0 Å². The molecule has 0 spiro atoms. The van der Waals surface area contributed by atoms with E-state index in [0.29, 0.717) is 6.04 Å². The average molecular weight is 317 g/mol. The van der Waals surface area contributed by atoms with Gasteiger partial charge in [0, 0.05) is 22.9 Å². The summed E-state index contributed by atoms with van der Waals surface area (Å²) in [7, 11) is 0. The third kappa shape index (κ3) is 3.04. The lowest BCUT2D eigenvalue weighted by Crippen LogP contribution is -2.21. The number of aromatic nitrogens is 1. The molecule has 0 fully saturated rings. The third-order valence-electron chi connectivity index (χ3n) is 3.71. The maximum atomic E-state index is 4.15. The van der Waals surface area contributed by atoms with E-state index in [1.807, 2.05) is 18.5 Å². The minimum atomic E-state index is 0.514. The van der Waals surface area contributed by atoms with E-state index in [0.717, 1.165) is 13.0 Å². The van der Waals surface area contributed by atoms with Crippen molar-refractivity contribution in [2.45, 2.75) is 25.3 Å². The van der Waals surface area contributed by atoms with Gasteiger partial charge in [-0.15, -0.1) is 0 Å². The second-order valence-electron chi connectivity index (χ2n) is 5.00. The van der Waals surface area contributed by atoms with Gasteiger partial charge >= 0.3 is 0 Å². The number of nitrogens with zero attached hydrogens (tertiary/aromatic N) is 1. The molecular weight excluding hydrogens is 300 g/mol. The Balaban J connectivity index is 1.58. The van der Waals surface area contributed by atoms with Crippen molar-refractivity contribution in [3.63, 3.8) is 0 Å². The summed E-state index contributed by atoms with van der Waals surface area (Å²) >= 11 is 3.54. The second-order valence-corrected chi connectivity index (χ2v) is 5.92. The van der Waals surface area contributed by atoms with Crippen LogP contribution in [0.1, 0.15) is 29.2 Å². The van der Waals surface area contributed by atoms with E-state index in [1.165, 1.54) is 34.0 Å². The lowest BCUT2D eigenvalue weighted by atomic mass is 10.1. The van der Waals surface area contributed by atoms with Crippen LogP contribution in [0.5, 0.6) is 0 Å². The van der Waals surface area contributed by atoms with Gasteiger partial charge in [-0.25, -0.2) is 0 Å². The number of benzene rings is 1. The molecule has 1 atom stereocenters. The minimum absolute atomic E-state index is 0.514. The van der Waals surface area contributed by atoms with Gasteiger partial charge in [-0.2, -0.15) is 0 Å². The maximum absolute atomic E-state index is 4.15. The standard InChI is InChI=1S/C16H17BrN2/c17-14-4-5-15-13(10-14)3-6-16(15)19-9-7-12-2-1-8-18-11-12/h1-2,4-5,8,10-11,16,19H,3,6-7,9H2. The zero-order valence-corrected chi connectivity index (χ0v) is 12.4. The van der Waals surface area contributed by atoms with Gasteiger partial charge in [-0.3, -0.25) is 4.98 Å². The van der Waals surface area contributed by atoms with Crippen LogP contribution in [0, 0.1) is 0 Å². The van der Waals surface area contributed by atoms with E-state index in [9.17, 15) is 0 Å². The predicted molar refractivity (Wildman–Crippen MR) is 81.1 cm³/mol. The molecule has 0 amide bonds. The van der Waals surface area contributed by atoms with Crippen LogP contribution in [-0.2, 0) is 12.8 Å². The summed E-state index contributed by atoms with van der Waals surface area (Å²) in [4.78, 5) is 4.15. The third-order valence-corrected chi connectivity index (χ3v) is 4.20. The Hall–Kier alpha value is -1.19. The van der Waals surface area contributed by atoms with Gasteiger partial charge in [-0.1, -0.05) is 28.1 Å². The molecule has 1 aromatic carbocycles. The summed E-state index contributed by atoms with van der Waals surface area (Å²) in [6.07, 6.45) is 7.19. The van der Waals surface area contributed by atoms with Crippen LogP contribution in [0.3, 0.4) is 0 Å². The normalized spacial score (nSPS) is 17.4. The molecule has 0 bridgehead atoms. The monoisotopic (exact) mass is 316 g/mol. The Morgan fingerprint density at radius 2 is 2.26 bits per heavy atom. The molecule has 1 aromatic heterocycles. The van der Waals surface area contributed by atoms with E-state index in [4.69, 9.17) is 0 Å². The van der Waals surface area contributed by atoms with E-state index in [1.54, 1.807) is 0 Å². The van der Waals surface area contributed by atoms with Gasteiger partial charge in [0.1, 0.15) is 0 Å². The molecule has 0 saturated carbocycles. The van der Waals surface area contributed by atoms with Crippen molar-refractivity contribution in [1.29, 1.82) is 0 Å². The first kappa shape index (κ1) is 12.8. The lowest BCUT2D eigenvalue weighted by Gasteiger charge is -2.14. The maximum Gasteiger partial charge on any atom is 0.0326 e. The van der Waals surface area contributed by atoms with E-state index >= 15 is 0 Å². The molecule has 0 saturated heterocycles. The van der Waals surface area contributed by atoms with Crippen LogP contribution >= 0.6 is 15.9 Å². The van der Waals surface area contributed by atoms with Gasteiger partial charge in [0.15, 0.2) is 0 Å². The molecule has 1 aliphatic carbocycles. The molecule has 2 aromatic rings. The number of halogens is 1. The summed E-state index contributed by atoms with van der Waals surface area (Å²) in [6, 6.07) is 11.3. The van der Waals surface area contributed by atoms with Crippen LogP contribution in [0.2, 0.25) is 0 Å². The van der Waals surface area contributed by atoms with E-state index in [-0.39, 0.29) is 0 Å². The summed E-state index contributed by atoms with van der Waals surface area (Å²) in [5, 5.41) is 3.66. The van der Waals surface area contributed by atoms with Crippen molar-refractivity contribution in [2.75, 3.05) is 6.54 Å². The highest BCUT2D eigenvalue weighted by molar-refractivity contribution is 9.10. The first-order valence-corrected chi connectivity index (χ1v) is 7.53. The van der Waals surface area contributed by atoms with Gasteiger partial charge in [0.25, 0.3) is 0 Å². The summed E-state index contributed by atoms with van der Waals surface area (Å²) in [6.45, 7) is 1.01. The molecule has 0 radical (unpaired) electrons. The number of nitrogens with one attached hydrogen (secondary N) is 1. The van der Waals surface area contributed by atoms with Gasteiger partial charge in [-0.05, 0) is 60.7 Å². The van der Waals surface area contributed by atoms with Crippen LogP contribution in [-0.4, -0.2) is 11.5 Å². The zero-order valence-electron chi connectivity index (χ0n) is 10.8. The topological polar surface area (TPSA) is 24.9 Å². The van der Waals surface area contributed by atoms with Crippen LogP contribution < -0.4 is 5.32 Å². The fourth-order valence-corrected chi connectivity index (χ4v) is 3.14. The highest BCUT2D eigenvalue weighted by Crippen LogP contribution is 2.32. The fraction of sp³-hybridized carbons (Fsp3) is 0.312. The number of fused-ring (bicyclic) bond motifs is 1. The SMILES string of the molecule is Brc1ccc2c(c1)CCC2NCCc1cccnc1. The van der Waals surface area contributed by atoms with Crippen molar-refractivity contribution >= 4 is 15.9 Å². The smallest absolute Gasteiger partial charge is 0.0326 e. The Morgan fingerprint density at radius 1 is 1.32 bits per heavy atom. The Morgan fingerprint density at radius 3 is 3.11 bits per heavy atom. The van der Waals surface area contributed by atoms with Crippen molar-refractivity contribution in [2.24, 2.45) is 0 Å². The fourth-order valence-electron chi connectivity index (χ4n) is 2.73. The van der Waals surface area contributed by atoms with Crippen LogP contribution in [0.25, 0.3) is 0 Å². The van der Waals surface area contributed by atoms with Crippen LogP contribution in [0.15, 0.2) is 47.2 Å². The number of hydrogen-bond acceptors (Lipinski definition) is 2. The van der Waals surface area contributed by atoms with Crippen LogP contribution in [0.4, 0.5) is 0 Å². The molecule has 1 heterocycles. The molecule has 0 aliphatic heterocycles. The number of rotatable bonds is 4. The lowest BCUT2D eigenvalue weighted by molar-refractivity contribution is 0.533. The quantitative estimate of drug-likeness (QED) is 0.931. The molecule has 3 rings (SSSR count). The van der Waals surface area contributed by atoms with Gasteiger partial charge in [0.2, 0.25) is 0 Å². The Labute approximate surface area is 122 Å². The molecular formula is C16H17BrN2. The molecule has 98 valence electrons.